The van der Waals surface area contributed by atoms with E-state index in [4.69, 9.17) is 14.6 Å². The number of aliphatic carboxylic acids is 1. The SMILES string of the molecule is CC(C)c1cc(C(=O)N2Cc3ccc(CN4CCN(CC5CCN(CC(=O)O)CC5)CC4)cc3C2)c(OCc2ccccc2)cc1OCc1ccccc1. The van der Waals surface area contributed by atoms with Gasteiger partial charge in [0.2, 0.25) is 0 Å². The van der Waals surface area contributed by atoms with E-state index in [1.54, 1.807) is 0 Å². The molecular formula is C45H54N4O5. The summed E-state index contributed by atoms with van der Waals surface area (Å²) in [6.45, 7) is 14.3. The van der Waals surface area contributed by atoms with Crippen LogP contribution in [-0.2, 0) is 37.6 Å². The van der Waals surface area contributed by atoms with Gasteiger partial charge < -0.3 is 24.4 Å². The van der Waals surface area contributed by atoms with Crippen LogP contribution in [0.25, 0.3) is 0 Å². The largest absolute Gasteiger partial charge is 0.488 e. The van der Waals surface area contributed by atoms with Gasteiger partial charge in [-0.2, -0.15) is 0 Å². The molecule has 284 valence electrons. The third kappa shape index (κ3) is 9.69. The molecular weight excluding hydrogens is 677 g/mol. The second-order valence-corrected chi connectivity index (χ2v) is 15.5. The Balaban J connectivity index is 0.987. The molecule has 0 aliphatic carbocycles. The van der Waals surface area contributed by atoms with E-state index in [2.05, 4.69) is 58.9 Å². The van der Waals surface area contributed by atoms with Crippen LogP contribution in [0.3, 0.4) is 0 Å². The zero-order chi connectivity index (χ0) is 37.4. The number of carbonyl (C=O) groups is 2. The molecule has 54 heavy (non-hydrogen) atoms. The lowest BCUT2D eigenvalue weighted by Gasteiger charge is -2.38. The Labute approximate surface area is 320 Å². The number of piperazine rings is 1. The fourth-order valence-corrected chi connectivity index (χ4v) is 8.04. The van der Waals surface area contributed by atoms with Crippen LogP contribution < -0.4 is 9.47 Å². The molecule has 4 aromatic rings. The molecule has 0 radical (unpaired) electrons. The fraction of sp³-hybridized carbons (Fsp3) is 0.422. The smallest absolute Gasteiger partial charge is 0.317 e. The van der Waals surface area contributed by atoms with E-state index in [0.717, 1.165) is 87.6 Å². The number of fused-ring (bicyclic) bond motifs is 1. The second kappa shape index (κ2) is 17.6. The highest BCUT2D eigenvalue weighted by Gasteiger charge is 2.29. The standard InChI is InChI=1S/C45H54N4O5/c1-33(2)40-24-41(43(54-32-36-11-7-4-8-12-36)25-42(40)53-31-35-9-5-3-6-10-35)45(52)49-28-38-14-13-37(23-39(38)29-49)27-48-21-19-47(20-22-48)26-34-15-17-46(18-16-34)30-44(50)51/h3-14,23-25,33-34H,15-22,26-32H2,1-2H3,(H,50,51). The molecule has 0 spiro atoms. The van der Waals surface area contributed by atoms with Crippen molar-refractivity contribution in [3.05, 3.63) is 130 Å². The number of amides is 1. The summed E-state index contributed by atoms with van der Waals surface area (Å²) in [6.07, 6.45) is 2.16. The molecule has 9 nitrogen and oxygen atoms in total. The van der Waals surface area contributed by atoms with Crippen molar-refractivity contribution in [2.75, 3.05) is 52.4 Å². The number of nitrogens with zero attached hydrogens (tertiary/aromatic N) is 4. The number of carboxylic acid groups (broad SMARTS) is 1. The van der Waals surface area contributed by atoms with Gasteiger partial charge >= 0.3 is 5.97 Å². The monoisotopic (exact) mass is 730 g/mol. The van der Waals surface area contributed by atoms with Gasteiger partial charge in [-0.15, -0.1) is 0 Å². The highest BCUT2D eigenvalue weighted by atomic mass is 16.5. The number of piperidine rings is 1. The molecule has 0 unspecified atom stereocenters. The van der Waals surface area contributed by atoms with E-state index in [9.17, 15) is 9.59 Å². The van der Waals surface area contributed by atoms with Crippen molar-refractivity contribution >= 4 is 11.9 Å². The highest BCUT2D eigenvalue weighted by Crippen LogP contribution is 2.37. The van der Waals surface area contributed by atoms with Gasteiger partial charge in [0.05, 0.1) is 12.1 Å². The molecule has 3 heterocycles. The van der Waals surface area contributed by atoms with Crippen molar-refractivity contribution < 1.29 is 24.2 Å². The van der Waals surface area contributed by atoms with Crippen LogP contribution >= 0.6 is 0 Å². The number of carboxylic acids is 1. The summed E-state index contributed by atoms with van der Waals surface area (Å²) >= 11 is 0. The Morgan fingerprint density at radius 3 is 1.93 bits per heavy atom. The van der Waals surface area contributed by atoms with Crippen LogP contribution in [0.2, 0.25) is 0 Å². The molecule has 2 fully saturated rings. The van der Waals surface area contributed by atoms with Crippen LogP contribution in [0.15, 0.2) is 91.0 Å². The third-order valence-electron chi connectivity index (χ3n) is 11.2. The average Bonchev–Trinajstić information content (AvgIpc) is 3.61. The van der Waals surface area contributed by atoms with Crippen LogP contribution in [0, 0.1) is 5.92 Å². The minimum Gasteiger partial charge on any atom is -0.488 e. The third-order valence-corrected chi connectivity index (χ3v) is 11.2. The Bertz CT molecular complexity index is 1870. The van der Waals surface area contributed by atoms with Gasteiger partial charge in [0, 0.05) is 58.4 Å². The summed E-state index contributed by atoms with van der Waals surface area (Å²) in [5.74, 6) is 1.31. The lowest BCUT2D eigenvalue weighted by Crippen LogP contribution is -2.48. The second-order valence-electron chi connectivity index (χ2n) is 15.5. The number of carbonyl (C=O) groups excluding carboxylic acids is 1. The minimum absolute atomic E-state index is 0.0315. The van der Waals surface area contributed by atoms with Crippen molar-refractivity contribution in [3.8, 4) is 11.5 Å². The lowest BCUT2D eigenvalue weighted by molar-refractivity contribution is -0.138. The molecule has 4 aromatic carbocycles. The number of hydrogen-bond donors (Lipinski definition) is 1. The lowest BCUT2D eigenvalue weighted by atomic mass is 9.96. The van der Waals surface area contributed by atoms with E-state index < -0.39 is 5.97 Å². The molecule has 3 aliphatic heterocycles. The molecule has 0 saturated carbocycles. The predicted octanol–water partition coefficient (Wildman–Crippen LogP) is 7.04. The first kappa shape index (κ1) is 37.6. The number of hydrogen-bond acceptors (Lipinski definition) is 7. The predicted molar refractivity (Wildman–Crippen MR) is 211 cm³/mol. The molecule has 2 saturated heterocycles. The topological polar surface area (TPSA) is 85.8 Å². The highest BCUT2D eigenvalue weighted by molar-refractivity contribution is 5.98. The maximum atomic E-state index is 14.4. The van der Waals surface area contributed by atoms with Crippen LogP contribution in [0.1, 0.15) is 76.3 Å². The van der Waals surface area contributed by atoms with Crippen molar-refractivity contribution in [3.63, 3.8) is 0 Å². The maximum Gasteiger partial charge on any atom is 0.317 e. The minimum atomic E-state index is -0.732. The van der Waals surface area contributed by atoms with Crippen molar-refractivity contribution in [1.29, 1.82) is 0 Å². The molecule has 3 aliphatic rings. The van der Waals surface area contributed by atoms with E-state index >= 15 is 0 Å². The molecule has 1 amide bonds. The molecule has 0 bridgehead atoms. The normalized spacial score (nSPS) is 17.1. The number of rotatable bonds is 14. The van der Waals surface area contributed by atoms with Gasteiger partial charge in [-0.3, -0.25) is 19.4 Å². The molecule has 1 N–H and O–H groups in total. The quantitative estimate of drug-likeness (QED) is 0.148. The summed E-state index contributed by atoms with van der Waals surface area (Å²) in [4.78, 5) is 34.6. The van der Waals surface area contributed by atoms with Crippen molar-refractivity contribution in [1.82, 2.24) is 19.6 Å². The Hall–Kier alpha value is -4.70. The summed E-state index contributed by atoms with van der Waals surface area (Å²) in [6, 6.07) is 30.8. The van der Waals surface area contributed by atoms with E-state index in [-0.39, 0.29) is 18.4 Å². The zero-order valence-electron chi connectivity index (χ0n) is 31.8. The summed E-state index contributed by atoms with van der Waals surface area (Å²) in [7, 11) is 0. The fourth-order valence-electron chi connectivity index (χ4n) is 8.04. The Morgan fingerprint density at radius 1 is 0.685 bits per heavy atom. The number of ether oxygens (including phenoxy) is 2. The molecule has 0 aromatic heterocycles. The van der Waals surface area contributed by atoms with Crippen LogP contribution in [0.5, 0.6) is 11.5 Å². The van der Waals surface area contributed by atoms with Gasteiger partial charge in [0.25, 0.3) is 5.91 Å². The Morgan fingerprint density at radius 2 is 1.30 bits per heavy atom. The average molecular weight is 731 g/mol. The maximum absolute atomic E-state index is 14.4. The summed E-state index contributed by atoms with van der Waals surface area (Å²) in [5.41, 5.74) is 7.38. The van der Waals surface area contributed by atoms with E-state index in [1.807, 2.05) is 65.6 Å². The van der Waals surface area contributed by atoms with Gasteiger partial charge in [0.15, 0.2) is 0 Å². The van der Waals surface area contributed by atoms with E-state index in [0.29, 0.717) is 43.5 Å². The van der Waals surface area contributed by atoms with Crippen LogP contribution in [0.4, 0.5) is 0 Å². The number of benzene rings is 4. The summed E-state index contributed by atoms with van der Waals surface area (Å²) < 4.78 is 12.8. The first-order valence-corrected chi connectivity index (χ1v) is 19.6. The summed E-state index contributed by atoms with van der Waals surface area (Å²) in [5, 5.41) is 9.10. The van der Waals surface area contributed by atoms with Gasteiger partial charge in [-0.25, -0.2) is 0 Å². The molecule has 9 heteroatoms. The van der Waals surface area contributed by atoms with Gasteiger partial charge in [-0.05, 0) is 77.2 Å². The number of likely N-dealkylation sites (tertiary alicyclic amines) is 1. The molecule has 0 atom stereocenters. The van der Waals surface area contributed by atoms with E-state index in [1.165, 1.54) is 16.7 Å². The van der Waals surface area contributed by atoms with Crippen LogP contribution in [-0.4, -0.2) is 88.9 Å². The Kier molecular flexibility index (Phi) is 12.3. The first-order valence-electron chi connectivity index (χ1n) is 19.6. The van der Waals surface area contributed by atoms with Gasteiger partial charge in [0.1, 0.15) is 24.7 Å². The van der Waals surface area contributed by atoms with Gasteiger partial charge in [-0.1, -0.05) is 92.7 Å². The van der Waals surface area contributed by atoms with Crippen molar-refractivity contribution in [2.24, 2.45) is 5.92 Å². The zero-order valence-corrected chi connectivity index (χ0v) is 31.8. The first-order chi connectivity index (χ1) is 26.3. The van der Waals surface area contributed by atoms with Crippen molar-refractivity contribution in [2.45, 2.75) is 65.5 Å². The molecule has 7 rings (SSSR count).